The van der Waals surface area contributed by atoms with Crippen LogP contribution in [0.15, 0.2) is 0 Å². The van der Waals surface area contributed by atoms with Crippen LogP contribution < -0.4 is 10.2 Å². The van der Waals surface area contributed by atoms with Crippen molar-refractivity contribution in [1.82, 2.24) is 4.90 Å². The first kappa shape index (κ1) is 13.4. The second-order valence-electron chi connectivity index (χ2n) is 4.71. The number of hydrogen-bond donors (Lipinski definition) is 2. The van der Waals surface area contributed by atoms with Crippen LogP contribution in [0.25, 0.3) is 0 Å². The van der Waals surface area contributed by atoms with Crippen molar-refractivity contribution in [3.05, 3.63) is 0 Å². The average Bonchev–Trinajstić information content (AvgIpc) is 2.28. The quantitative estimate of drug-likeness (QED) is 0.528. The number of carbonyl (C=O) groups is 1. The highest BCUT2D eigenvalue weighted by molar-refractivity contribution is 5.80. The second-order valence-corrected chi connectivity index (χ2v) is 4.71. The highest BCUT2D eigenvalue weighted by Gasteiger charge is 2.24. The lowest BCUT2D eigenvalue weighted by Gasteiger charge is -2.28. The lowest BCUT2D eigenvalue weighted by Crippen LogP contribution is -3.10. The largest absolute Gasteiger partial charge is 0.378 e. The maximum Gasteiger partial charge on any atom is 0.280 e. The Hall–Kier alpha value is -0.650. The summed E-state index contributed by atoms with van der Waals surface area (Å²) < 4.78 is 5.23. The first-order valence-electron chi connectivity index (χ1n) is 6.10. The number of nitrogens with zero attached hydrogens (tertiary/aromatic N) is 1. The molecule has 1 amide bonds. The first-order chi connectivity index (χ1) is 7.61. The zero-order valence-corrected chi connectivity index (χ0v) is 10.7. The number of amides is 1. The summed E-state index contributed by atoms with van der Waals surface area (Å²) >= 11 is 0. The van der Waals surface area contributed by atoms with Crippen LogP contribution in [0, 0.1) is 0 Å². The summed E-state index contributed by atoms with van der Waals surface area (Å²) in [7, 11) is 4.25. The third kappa shape index (κ3) is 4.47. The number of likely N-dealkylation sites (N-methyl/N-ethyl adjacent to an activating group) is 1. The molecule has 0 saturated carbocycles. The molecule has 0 radical (unpaired) electrons. The molecule has 1 fully saturated rings. The number of hydrogen-bond acceptors (Lipinski definition) is 2. The standard InChI is InChI=1S/C11H23N3O2/c1-10(12-4-5-13(2)3)11(15)14-6-8-16-9-7-14/h10,12H,4-9H2,1-3H3/p+2/t10-/m1/s1. The third-order valence-corrected chi connectivity index (χ3v) is 2.88. The van der Waals surface area contributed by atoms with Crippen molar-refractivity contribution in [2.45, 2.75) is 13.0 Å². The average molecular weight is 231 g/mol. The van der Waals surface area contributed by atoms with Crippen LogP contribution >= 0.6 is 0 Å². The molecule has 0 aromatic carbocycles. The van der Waals surface area contributed by atoms with Crippen molar-refractivity contribution < 1.29 is 19.7 Å². The molecule has 1 aliphatic rings. The molecule has 5 nitrogen and oxygen atoms in total. The summed E-state index contributed by atoms with van der Waals surface area (Å²) in [4.78, 5) is 15.3. The van der Waals surface area contributed by atoms with Crippen molar-refractivity contribution in [2.24, 2.45) is 0 Å². The summed E-state index contributed by atoms with van der Waals surface area (Å²) in [5.41, 5.74) is 0. The molecule has 1 atom stereocenters. The summed E-state index contributed by atoms with van der Waals surface area (Å²) in [6.07, 6.45) is 0. The Morgan fingerprint density at radius 2 is 2.06 bits per heavy atom. The lowest BCUT2D eigenvalue weighted by atomic mass is 10.2. The minimum absolute atomic E-state index is 0.0393. The fraction of sp³-hybridized carbons (Fsp3) is 0.909. The Bertz CT molecular complexity index is 215. The van der Waals surface area contributed by atoms with Crippen LogP contribution in [0.1, 0.15) is 6.92 Å². The zero-order chi connectivity index (χ0) is 12.0. The number of morpholine rings is 1. The molecule has 94 valence electrons. The molecule has 0 aliphatic carbocycles. The van der Waals surface area contributed by atoms with E-state index < -0.39 is 0 Å². The van der Waals surface area contributed by atoms with E-state index in [9.17, 15) is 4.79 Å². The molecule has 1 saturated heterocycles. The van der Waals surface area contributed by atoms with Gasteiger partial charge in [-0.05, 0) is 6.92 Å². The molecule has 5 heteroatoms. The fourth-order valence-corrected chi connectivity index (χ4v) is 1.79. The van der Waals surface area contributed by atoms with Crippen LogP contribution in [0.3, 0.4) is 0 Å². The van der Waals surface area contributed by atoms with Gasteiger partial charge in [-0.1, -0.05) is 0 Å². The lowest BCUT2D eigenvalue weighted by molar-refractivity contribution is -0.875. The van der Waals surface area contributed by atoms with E-state index in [1.807, 2.05) is 11.8 Å². The van der Waals surface area contributed by atoms with Gasteiger partial charge in [0.25, 0.3) is 5.91 Å². The van der Waals surface area contributed by atoms with Crippen LogP contribution in [0.5, 0.6) is 0 Å². The maximum absolute atomic E-state index is 12.0. The molecular formula is C11H25N3O2+2. The summed E-state index contributed by atoms with van der Waals surface area (Å²) in [6.45, 7) is 6.93. The van der Waals surface area contributed by atoms with Gasteiger partial charge < -0.3 is 19.9 Å². The van der Waals surface area contributed by atoms with E-state index in [1.165, 1.54) is 4.90 Å². The molecule has 0 bridgehead atoms. The number of nitrogens with two attached hydrogens (primary N) is 1. The molecule has 3 N–H and O–H groups in total. The van der Waals surface area contributed by atoms with Crippen molar-refractivity contribution >= 4 is 5.91 Å². The minimum Gasteiger partial charge on any atom is -0.378 e. The van der Waals surface area contributed by atoms with Gasteiger partial charge in [0.1, 0.15) is 13.1 Å². The van der Waals surface area contributed by atoms with Gasteiger partial charge in [0.2, 0.25) is 0 Å². The summed E-state index contributed by atoms with van der Waals surface area (Å²) in [5, 5.41) is 2.13. The topological polar surface area (TPSA) is 50.6 Å². The molecule has 0 aromatic rings. The highest BCUT2D eigenvalue weighted by Crippen LogP contribution is 1.98. The van der Waals surface area contributed by atoms with Crippen molar-refractivity contribution in [3.8, 4) is 0 Å². The van der Waals surface area contributed by atoms with E-state index >= 15 is 0 Å². The van der Waals surface area contributed by atoms with Gasteiger partial charge in [-0.2, -0.15) is 0 Å². The molecule has 16 heavy (non-hydrogen) atoms. The molecule has 0 spiro atoms. The van der Waals surface area contributed by atoms with E-state index in [2.05, 4.69) is 19.4 Å². The van der Waals surface area contributed by atoms with Crippen LogP contribution in [-0.4, -0.2) is 70.3 Å². The Morgan fingerprint density at radius 3 is 2.62 bits per heavy atom. The number of rotatable bonds is 5. The number of ether oxygens (including phenoxy) is 1. The van der Waals surface area contributed by atoms with E-state index in [-0.39, 0.29) is 11.9 Å². The van der Waals surface area contributed by atoms with Crippen molar-refractivity contribution in [3.63, 3.8) is 0 Å². The summed E-state index contributed by atoms with van der Waals surface area (Å²) in [5.74, 6) is 0.247. The third-order valence-electron chi connectivity index (χ3n) is 2.88. The fourth-order valence-electron chi connectivity index (χ4n) is 1.79. The van der Waals surface area contributed by atoms with Gasteiger partial charge in [0.15, 0.2) is 6.04 Å². The van der Waals surface area contributed by atoms with Crippen molar-refractivity contribution in [1.29, 1.82) is 0 Å². The van der Waals surface area contributed by atoms with E-state index in [1.54, 1.807) is 0 Å². The second kappa shape index (κ2) is 6.83. The predicted octanol–water partition coefficient (Wildman–Crippen LogP) is -3.06. The van der Waals surface area contributed by atoms with Crippen molar-refractivity contribution in [2.75, 3.05) is 53.5 Å². The Morgan fingerprint density at radius 1 is 1.44 bits per heavy atom. The van der Waals surface area contributed by atoms with Gasteiger partial charge in [0.05, 0.1) is 27.3 Å². The summed E-state index contributed by atoms with van der Waals surface area (Å²) in [6, 6.07) is 0.0393. The Kier molecular flexibility index (Phi) is 5.73. The smallest absolute Gasteiger partial charge is 0.280 e. The van der Waals surface area contributed by atoms with Gasteiger partial charge in [-0.3, -0.25) is 4.79 Å². The number of carbonyl (C=O) groups excluding carboxylic acids is 1. The van der Waals surface area contributed by atoms with Gasteiger partial charge >= 0.3 is 0 Å². The first-order valence-corrected chi connectivity index (χ1v) is 6.10. The molecule has 1 heterocycles. The van der Waals surface area contributed by atoms with Crippen LogP contribution in [0.4, 0.5) is 0 Å². The van der Waals surface area contributed by atoms with Crippen LogP contribution in [0.2, 0.25) is 0 Å². The minimum atomic E-state index is 0.0393. The highest BCUT2D eigenvalue weighted by atomic mass is 16.5. The maximum atomic E-state index is 12.0. The van der Waals surface area contributed by atoms with E-state index in [0.717, 1.165) is 26.2 Å². The normalized spacial score (nSPS) is 18.9. The van der Waals surface area contributed by atoms with E-state index in [4.69, 9.17) is 4.74 Å². The van der Waals surface area contributed by atoms with E-state index in [0.29, 0.717) is 13.2 Å². The predicted molar refractivity (Wildman–Crippen MR) is 61.3 cm³/mol. The van der Waals surface area contributed by atoms with Gasteiger partial charge in [0, 0.05) is 13.1 Å². The monoisotopic (exact) mass is 231 g/mol. The molecule has 1 aliphatic heterocycles. The number of nitrogens with one attached hydrogen (secondary N) is 1. The SMILES string of the molecule is C[C@@H]([NH2+]CC[NH+](C)C)C(=O)N1CCOCC1. The molecule has 0 aromatic heterocycles. The Balaban J connectivity index is 2.23. The zero-order valence-electron chi connectivity index (χ0n) is 10.7. The number of quaternary nitrogens is 2. The molecular weight excluding hydrogens is 206 g/mol. The van der Waals surface area contributed by atoms with Gasteiger partial charge in [-0.25, -0.2) is 0 Å². The molecule has 1 rings (SSSR count). The van der Waals surface area contributed by atoms with Gasteiger partial charge in [-0.15, -0.1) is 0 Å². The molecule has 0 unspecified atom stereocenters. The Labute approximate surface area is 97.7 Å². The van der Waals surface area contributed by atoms with Crippen LogP contribution in [-0.2, 0) is 9.53 Å².